The minimum atomic E-state index is -1.63. The molecule has 2 saturated heterocycles. The lowest BCUT2D eigenvalue weighted by Crippen LogP contribution is -2.50. The van der Waals surface area contributed by atoms with Crippen LogP contribution in [0, 0.1) is 11.8 Å². The highest BCUT2D eigenvalue weighted by Crippen LogP contribution is 2.33. The molecule has 7 N–H and O–H groups in total. The number of hydrogen-bond acceptors (Lipinski definition) is 8. The summed E-state index contributed by atoms with van der Waals surface area (Å²) in [4.78, 5) is 52.9. The quantitative estimate of drug-likeness (QED) is 0.0240. The standard InChI is InChI=1S/C33H52N8O6S/c1-21(2)17-23(19-29(43)44)31(45)37-25(18-22-11-13-24(14-12-22)40-41-34)32(46)36-16-8-4-3-7-15-35-28(42)10-6-5-9-27-30-26(20-48-27)38-33(47)39-30/h11-14,21,23,25-27,29-30,43-44H,3-10,15-20H2,1-2H3,(H,35,42)(H,36,46)(H,37,45)(H2,38,39,47)/t23-,25+,26?,27?,30?/m1/s1. The van der Waals surface area contributed by atoms with Crippen LogP contribution < -0.4 is 26.6 Å². The molecule has 0 aromatic heterocycles. The number of unbranched alkanes of at least 4 members (excludes halogenated alkanes) is 4. The van der Waals surface area contributed by atoms with Gasteiger partial charge in [0, 0.05) is 59.9 Å². The second-order valence-corrected chi connectivity index (χ2v) is 14.4. The maximum atomic E-state index is 13.2. The predicted molar refractivity (Wildman–Crippen MR) is 185 cm³/mol. The number of aliphatic hydroxyl groups is 2. The van der Waals surface area contributed by atoms with Crippen LogP contribution in [0.25, 0.3) is 10.4 Å². The Kier molecular flexibility index (Phi) is 16.8. The summed E-state index contributed by atoms with van der Waals surface area (Å²) in [5.74, 6) is -0.267. The Bertz CT molecular complexity index is 1230. The van der Waals surface area contributed by atoms with Gasteiger partial charge in [-0.1, -0.05) is 62.5 Å². The Balaban J connectivity index is 1.34. The Labute approximate surface area is 287 Å². The van der Waals surface area contributed by atoms with Crippen molar-refractivity contribution in [3.63, 3.8) is 0 Å². The van der Waals surface area contributed by atoms with Crippen molar-refractivity contribution in [2.75, 3.05) is 18.8 Å². The summed E-state index contributed by atoms with van der Waals surface area (Å²) < 4.78 is 0. The van der Waals surface area contributed by atoms with Crippen LogP contribution in [0.4, 0.5) is 10.5 Å². The second-order valence-electron chi connectivity index (χ2n) is 13.1. The average molecular weight is 689 g/mol. The van der Waals surface area contributed by atoms with Crippen LogP contribution in [0.3, 0.4) is 0 Å². The molecular weight excluding hydrogens is 636 g/mol. The summed E-state index contributed by atoms with van der Waals surface area (Å²) in [5.41, 5.74) is 9.85. The number of carbonyl (C=O) groups is 4. The molecule has 2 fully saturated rings. The minimum Gasteiger partial charge on any atom is -0.368 e. The summed E-state index contributed by atoms with van der Waals surface area (Å²) in [6.07, 6.45) is 5.50. The molecule has 266 valence electrons. The van der Waals surface area contributed by atoms with E-state index >= 15 is 0 Å². The number of urea groups is 1. The van der Waals surface area contributed by atoms with Crippen LogP contribution >= 0.6 is 11.8 Å². The fourth-order valence-corrected chi connectivity index (χ4v) is 7.69. The highest BCUT2D eigenvalue weighted by Gasteiger charge is 2.42. The van der Waals surface area contributed by atoms with Gasteiger partial charge in [-0.25, -0.2) is 4.79 Å². The van der Waals surface area contributed by atoms with E-state index in [9.17, 15) is 29.4 Å². The van der Waals surface area contributed by atoms with Crippen molar-refractivity contribution in [3.05, 3.63) is 40.3 Å². The molecule has 3 unspecified atom stereocenters. The minimum absolute atomic E-state index is 0.0553. The van der Waals surface area contributed by atoms with E-state index in [2.05, 4.69) is 36.6 Å². The van der Waals surface area contributed by atoms with Crippen LogP contribution in [0.2, 0.25) is 0 Å². The maximum Gasteiger partial charge on any atom is 0.315 e. The van der Waals surface area contributed by atoms with Gasteiger partial charge in [-0.3, -0.25) is 14.4 Å². The van der Waals surface area contributed by atoms with Gasteiger partial charge in [0.05, 0.1) is 12.1 Å². The topological polar surface area (TPSA) is 218 Å². The summed E-state index contributed by atoms with van der Waals surface area (Å²) in [6.45, 7) is 4.92. The van der Waals surface area contributed by atoms with Crippen molar-refractivity contribution in [2.24, 2.45) is 17.0 Å². The number of azide groups is 1. The molecule has 0 aliphatic carbocycles. The van der Waals surface area contributed by atoms with Crippen molar-refractivity contribution in [1.82, 2.24) is 26.6 Å². The molecular formula is C33H52N8O6S. The number of nitrogens with zero attached hydrogens (tertiary/aromatic N) is 3. The zero-order valence-electron chi connectivity index (χ0n) is 28.0. The number of fused-ring (bicyclic) bond motifs is 1. The SMILES string of the molecule is CC(C)C[C@H](CC(O)O)C(=O)N[C@@H](Cc1ccc(N=[N+]=[N-])cc1)C(=O)NCCCCCCNC(=O)CCCCC1SCC2NC(=O)NC21. The largest absolute Gasteiger partial charge is 0.368 e. The first-order chi connectivity index (χ1) is 23.0. The number of thioether (sulfide) groups is 1. The number of hydrogen-bond donors (Lipinski definition) is 7. The van der Waals surface area contributed by atoms with E-state index in [-0.39, 0.29) is 48.7 Å². The number of carbonyl (C=O) groups excluding carboxylic acids is 4. The number of aliphatic hydroxyl groups excluding tert-OH is 1. The average Bonchev–Trinajstić information content (AvgIpc) is 3.59. The Morgan fingerprint density at radius 1 is 0.979 bits per heavy atom. The molecule has 15 heteroatoms. The first-order valence-electron chi connectivity index (χ1n) is 17.1. The van der Waals surface area contributed by atoms with E-state index < -0.39 is 24.2 Å². The van der Waals surface area contributed by atoms with Gasteiger partial charge in [0.1, 0.15) is 6.04 Å². The zero-order valence-corrected chi connectivity index (χ0v) is 28.8. The van der Waals surface area contributed by atoms with Gasteiger partial charge in [0.2, 0.25) is 17.7 Å². The van der Waals surface area contributed by atoms with Crippen LogP contribution in [0.15, 0.2) is 29.4 Å². The molecule has 0 spiro atoms. The van der Waals surface area contributed by atoms with Crippen LogP contribution in [-0.2, 0) is 20.8 Å². The molecule has 5 atom stereocenters. The first-order valence-corrected chi connectivity index (χ1v) is 18.1. The van der Waals surface area contributed by atoms with Gasteiger partial charge in [-0.15, -0.1) is 0 Å². The maximum absolute atomic E-state index is 13.2. The monoisotopic (exact) mass is 688 g/mol. The summed E-state index contributed by atoms with van der Waals surface area (Å²) in [7, 11) is 0. The summed E-state index contributed by atoms with van der Waals surface area (Å²) in [6, 6.07) is 6.21. The van der Waals surface area contributed by atoms with Crippen LogP contribution in [0.5, 0.6) is 0 Å². The van der Waals surface area contributed by atoms with Crippen molar-refractivity contribution in [3.8, 4) is 0 Å². The molecule has 1 aromatic rings. The van der Waals surface area contributed by atoms with Crippen molar-refractivity contribution >= 4 is 41.2 Å². The van der Waals surface area contributed by atoms with E-state index in [1.54, 1.807) is 24.3 Å². The molecule has 0 radical (unpaired) electrons. The van der Waals surface area contributed by atoms with Gasteiger partial charge in [0.25, 0.3) is 0 Å². The summed E-state index contributed by atoms with van der Waals surface area (Å²) >= 11 is 1.89. The third-order valence-electron chi connectivity index (χ3n) is 8.60. The third-order valence-corrected chi connectivity index (χ3v) is 10.1. The van der Waals surface area contributed by atoms with Crippen molar-refractivity contribution in [2.45, 2.75) is 114 Å². The van der Waals surface area contributed by atoms with Gasteiger partial charge in [-0.05, 0) is 49.1 Å². The highest BCUT2D eigenvalue weighted by atomic mass is 32.2. The molecule has 0 saturated carbocycles. The lowest BCUT2D eigenvalue weighted by molar-refractivity contribution is -0.134. The Hall–Kier alpha value is -3.52. The Morgan fingerprint density at radius 2 is 1.69 bits per heavy atom. The van der Waals surface area contributed by atoms with Gasteiger partial charge in [-0.2, -0.15) is 11.8 Å². The molecule has 3 rings (SSSR count). The van der Waals surface area contributed by atoms with Gasteiger partial charge in [0.15, 0.2) is 6.29 Å². The normalized spacial score (nSPS) is 19.5. The van der Waals surface area contributed by atoms with Gasteiger partial charge < -0.3 is 36.8 Å². The second kappa shape index (κ2) is 20.8. The zero-order chi connectivity index (χ0) is 34.9. The van der Waals surface area contributed by atoms with Crippen LogP contribution in [-0.4, -0.2) is 82.5 Å². The molecule has 14 nitrogen and oxygen atoms in total. The summed E-state index contributed by atoms with van der Waals surface area (Å²) in [5, 5.41) is 37.7. The molecule has 2 aliphatic rings. The fraction of sp³-hybridized carbons (Fsp3) is 0.697. The number of amides is 5. The fourth-order valence-electron chi connectivity index (χ4n) is 6.15. The smallest absolute Gasteiger partial charge is 0.315 e. The van der Waals surface area contributed by atoms with Gasteiger partial charge >= 0.3 is 6.03 Å². The van der Waals surface area contributed by atoms with E-state index in [0.717, 1.165) is 56.3 Å². The number of rotatable bonds is 22. The molecule has 48 heavy (non-hydrogen) atoms. The molecule has 1 aromatic carbocycles. The lowest BCUT2D eigenvalue weighted by Gasteiger charge is -2.24. The third kappa shape index (κ3) is 13.9. The van der Waals surface area contributed by atoms with Crippen molar-refractivity contribution in [1.29, 1.82) is 0 Å². The molecule has 2 heterocycles. The number of nitrogens with one attached hydrogen (secondary N) is 5. The molecule has 2 aliphatic heterocycles. The number of benzene rings is 1. The van der Waals surface area contributed by atoms with Crippen LogP contribution in [0.1, 0.15) is 83.6 Å². The molecule has 5 amide bonds. The van der Waals surface area contributed by atoms with E-state index in [4.69, 9.17) is 5.53 Å². The first kappa shape index (κ1) is 38.9. The van der Waals surface area contributed by atoms with E-state index in [0.29, 0.717) is 36.9 Å². The van der Waals surface area contributed by atoms with E-state index in [1.807, 2.05) is 25.6 Å². The predicted octanol–water partition coefficient (Wildman–Crippen LogP) is 3.54. The Morgan fingerprint density at radius 3 is 2.35 bits per heavy atom. The molecule has 0 bridgehead atoms. The van der Waals surface area contributed by atoms with E-state index in [1.165, 1.54) is 0 Å². The lowest BCUT2D eigenvalue weighted by atomic mass is 9.92. The van der Waals surface area contributed by atoms with Crippen molar-refractivity contribution < 1.29 is 29.4 Å². The highest BCUT2D eigenvalue weighted by molar-refractivity contribution is 8.00.